The van der Waals surface area contributed by atoms with Crippen molar-refractivity contribution in [2.45, 2.75) is 18.7 Å². The Balaban J connectivity index is 2.95. The minimum Gasteiger partial charge on any atom is -0.398 e. The van der Waals surface area contributed by atoms with E-state index in [0.29, 0.717) is 0 Å². The van der Waals surface area contributed by atoms with E-state index in [9.17, 15) is 0 Å². The van der Waals surface area contributed by atoms with E-state index in [4.69, 9.17) is 5.73 Å². The first-order chi connectivity index (χ1) is 6.19. The molecule has 72 valence electrons. The number of nitrogens with zero attached hydrogens (tertiary/aromatic N) is 1. The fraction of sp³-hybridized carbons (Fsp3) is 0.400. The molecule has 1 aromatic carbocycles. The van der Waals surface area contributed by atoms with Gasteiger partial charge in [-0.2, -0.15) is 0 Å². The molecule has 0 aliphatic heterocycles. The van der Waals surface area contributed by atoms with Crippen LogP contribution in [0.3, 0.4) is 0 Å². The van der Waals surface area contributed by atoms with Crippen LogP contribution >= 0.6 is 12.6 Å². The summed E-state index contributed by atoms with van der Waals surface area (Å²) in [7, 11) is 0. The van der Waals surface area contributed by atoms with Crippen LogP contribution in [0.4, 0.5) is 11.4 Å². The van der Waals surface area contributed by atoms with Crippen LogP contribution in [0, 0.1) is 0 Å². The molecule has 13 heavy (non-hydrogen) atoms. The average molecular weight is 196 g/mol. The van der Waals surface area contributed by atoms with Gasteiger partial charge in [-0.3, -0.25) is 0 Å². The Bertz CT molecular complexity index is 282. The number of thiol groups is 1. The fourth-order valence-corrected chi connectivity index (χ4v) is 1.52. The Kier molecular flexibility index (Phi) is 3.48. The number of anilines is 2. The van der Waals surface area contributed by atoms with Gasteiger partial charge in [0.15, 0.2) is 0 Å². The van der Waals surface area contributed by atoms with E-state index in [1.807, 2.05) is 18.2 Å². The van der Waals surface area contributed by atoms with Crippen LogP contribution in [-0.4, -0.2) is 13.1 Å². The Labute approximate surface area is 85.1 Å². The highest BCUT2D eigenvalue weighted by Crippen LogP contribution is 2.23. The smallest absolute Gasteiger partial charge is 0.0451 e. The number of hydrogen-bond donors (Lipinski definition) is 2. The fourth-order valence-electron chi connectivity index (χ4n) is 1.32. The molecule has 0 radical (unpaired) electrons. The van der Waals surface area contributed by atoms with E-state index in [1.54, 1.807) is 0 Å². The molecule has 0 aliphatic rings. The van der Waals surface area contributed by atoms with Gasteiger partial charge in [-0.25, -0.2) is 0 Å². The van der Waals surface area contributed by atoms with Crippen molar-refractivity contribution < 1.29 is 0 Å². The summed E-state index contributed by atoms with van der Waals surface area (Å²) < 4.78 is 0. The number of nitrogen functional groups attached to an aromatic ring is 1. The monoisotopic (exact) mass is 196 g/mol. The summed E-state index contributed by atoms with van der Waals surface area (Å²) in [5, 5.41) is 0. The zero-order valence-corrected chi connectivity index (χ0v) is 9.01. The van der Waals surface area contributed by atoms with Crippen molar-refractivity contribution in [3.8, 4) is 0 Å². The maximum Gasteiger partial charge on any atom is 0.0451 e. The van der Waals surface area contributed by atoms with E-state index in [0.717, 1.165) is 23.7 Å². The van der Waals surface area contributed by atoms with Crippen LogP contribution in [-0.2, 0) is 0 Å². The number of nitrogens with two attached hydrogens (primary N) is 1. The van der Waals surface area contributed by atoms with E-state index in [-0.39, 0.29) is 0 Å². The Hall–Kier alpha value is -0.830. The summed E-state index contributed by atoms with van der Waals surface area (Å²) in [6.45, 7) is 6.29. The molecule has 0 amide bonds. The SMILES string of the molecule is CCN(CC)c1ccc(N)c(S)c1. The van der Waals surface area contributed by atoms with Gasteiger partial charge >= 0.3 is 0 Å². The molecule has 3 heteroatoms. The molecule has 1 rings (SSSR count). The third-order valence-corrected chi connectivity index (χ3v) is 2.53. The number of benzene rings is 1. The first kappa shape index (κ1) is 10.3. The molecular formula is C10H16N2S. The van der Waals surface area contributed by atoms with Crippen LogP contribution in [0.15, 0.2) is 23.1 Å². The van der Waals surface area contributed by atoms with E-state index < -0.39 is 0 Å². The van der Waals surface area contributed by atoms with Crippen molar-refractivity contribution in [3.63, 3.8) is 0 Å². The molecule has 0 spiro atoms. The Morgan fingerprint density at radius 2 is 1.92 bits per heavy atom. The van der Waals surface area contributed by atoms with Crippen molar-refractivity contribution in [2.24, 2.45) is 0 Å². The van der Waals surface area contributed by atoms with Gasteiger partial charge in [0.1, 0.15) is 0 Å². The highest BCUT2D eigenvalue weighted by Gasteiger charge is 2.02. The quantitative estimate of drug-likeness (QED) is 0.574. The van der Waals surface area contributed by atoms with Gasteiger partial charge in [-0.05, 0) is 32.0 Å². The zero-order valence-electron chi connectivity index (χ0n) is 8.12. The lowest BCUT2D eigenvalue weighted by molar-refractivity contribution is 0.865. The molecular weight excluding hydrogens is 180 g/mol. The van der Waals surface area contributed by atoms with Crippen molar-refractivity contribution >= 4 is 24.0 Å². The molecule has 2 N–H and O–H groups in total. The zero-order chi connectivity index (χ0) is 9.84. The second-order valence-electron chi connectivity index (χ2n) is 2.92. The summed E-state index contributed by atoms with van der Waals surface area (Å²) in [5.41, 5.74) is 7.60. The first-order valence-electron chi connectivity index (χ1n) is 4.52. The van der Waals surface area contributed by atoms with Crippen molar-refractivity contribution in [2.75, 3.05) is 23.7 Å². The largest absolute Gasteiger partial charge is 0.398 e. The molecule has 0 fully saturated rings. The summed E-state index contributed by atoms with van der Waals surface area (Å²) in [4.78, 5) is 3.11. The van der Waals surface area contributed by atoms with Crippen LogP contribution in [0.25, 0.3) is 0 Å². The van der Waals surface area contributed by atoms with Gasteiger partial charge in [0.05, 0.1) is 0 Å². The second-order valence-corrected chi connectivity index (χ2v) is 3.40. The first-order valence-corrected chi connectivity index (χ1v) is 4.97. The topological polar surface area (TPSA) is 29.3 Å². The van der Waals surface area contributed by atoms with Crippen LogP contribution in [0.5, 0.6) is 0 Å². The van der Waals surface area contributed by atoms with Crippen LogP contribution < -0.4 is 10.6 Å². The number of rotatable bonds is 3. The van der Waals surface area contributed by atoms with Gasteiger partial charge in [-0.15, -0.1) is 12.6 Å². The molecule has 0 unspecified atom stereocenters. The Morgan fingerprint density at radius 3 is 2.38 bits per heavy atom. The van der Waals surface area contributed by atoms with E-state index in [1.165, 1.54) is 5.69 Å². The normalized spacial score (nSPS) is 10.1. The number of hydrogen-bond acceptors (Lipinski definition) is 3. The molecule has 0 heterocycles. The minimum absolute atomic E-state index is 0.735. The summed E-state index contributed by atoms with van der Waals surface area (Å²) >= 11 is 4.29. The predicted molar refractivity (Wildman–Crippen MR) is 61.7 cm³/mol. The summed E-state index contributed by atoms with van der Waals surface area (Å²) in [6.07, 6.45) is 0. The van der Waals surface area contributed by atoms with Gasteiger partial charge < -0.3 is 10.6 Å². The van der Waals surface area contributed by atoms with E-state index in [2.05, 4.69) is 31.4 Å². The molecule has 1 aromatic rings. The van der Waals surface area contributed by atoms with Gasteiger partial charge in [0, 0.05) is 29.4 Å². The van der Waals surface area contributed by atoms with Crippen LogP contribution in [0.1, 0.15) is 13.8 Å². The predicted octanol–water partition coefficient (Wildman–Crippen LogP) is 2.40. The summed E-state index contributed by atoms with van der Waals surface area (Å²) in [5.74, 6) is 0. The molecule has 0 saturated carbocycles. The standard InChI is InChI=1S/C10H16N2S/c1-3-12(4-2)8-5-6-9(11)10(13)7-8/h5-7,13H,3-4,11H2,1-2H3. The highest BCUT2D eigenvalue weighted by atomic mass is 32.1. The lowest BCUT2D eigenvalue weighted by Crippen LogP contribution is -2.21. The lowest BCUT2D eigenvalue weighted by atomic mass is 10.2. The van der Waals surface area contributed by atoms with Gasteiger partial charge in [0.25, 0.3) is 0 Å². The molecule has 0 aromatic heterocycles. The van der Waals surface area contributed by atoms with Gasteiger partial charge in [0.2, 0.25) is 0 Å². The maximum absolute atomic E-state index is 5.68. The summed E-state index contributed by atoms with van der Waals surface area (Å²) in [6, 6.07) is 5.93. The van der Waals surface area contributed by atoms with Crippen LogP contribution in [0.2, 0.25) is 0 Å². The maximum atomic E-state index is 5.68. The minimum atomic E-state index is 0.735. The van der Waals surface area contributed by atoms with Crippen molar-refractivity contribution in [3.05, 3.63) is 18.2 Å². The Morgan fingerprint density at radius 1 is 1.31 bits per heavy atom. The lowest BCUT2D eigenvalue weighted by Gasteiger charge is -2.21. The third-order valence-electron chi connectivity index (χ3n) is 2.14. The van der Waals surface area contributed by atoms with Gasteiger partial charge in [-0.1, -0.05) is 0 Å². The third kappa shape index (κ3) is 2.31. The molecule has 0 atom stereocenters. The molecule has 0 bridgehead atoms. The highest BCUT2D eigenvalue weighted by molar-refractivity contribution is 7.80. The molecule has 2 nitrogen and oxygen atoms in total. The van der Waals surface area contributed by atoms with Crippen molar-refractivity contribution in [1.82, 2.24) is 0 Å². The molecule has 0 aliphatic carbocycles. The molecule has 0 saturated heterocycles. The second kappa shape index (κ2) is 4.42. The average Bonchev–Trinajstić information content (AvgIpc) is 2.13. The van der Waals surface area contributed by atoms with Crippen molar-refractivity contribution in [1.29, 1.82) is 0 Å². The van der Waals surface area contributed by atoms with E-state index >= 15 is 0 Å².